The van der Waals surface area contributed by atoms with Gasteiger partial charge in [0.2, 0.25) is 0 Å². The van der Waals surface area contributed by atoms with E-state index in [1.807, 2.05) is 18.2 Å². The van der Waals surface area contributed by atoms with Crippen LogP contribution in [0.5, 0.6) is 0 Å². The Bertz CT molecular complexity index is 500. The van der Waals surface area contributed by atoms with Crippen LogP contribution in [0.4, 0.5) is 0 Å². The number of rotatable bonds is 12. The number of aliphatic carboxylic acids is 1. The number of carbonyl (C=O) groups is 2. The topological polar surface area (TPSA) is 74.6 Å². The Hall–Kier alpha value is -1.68. The minimum absolute atomic E-state index is 0.176. The van der Waals surface area contributed by atoms with Gasteiger partial charge in [-0.25, -0.2) is 0 Å². The second kappa shape index (κ2) is 11.8. The van der Waals surface area contributed by atoms with Crippen LogP contribution in [0.3, 0.4) is 0 Å². The number of allylic oxidation sites excluding steroid dienone is 5. The van der Waals surface area contributed by atoms with E-state index in [-0.39, 0.29) is 12.2 Å². The SMILES string of the molecule is CCCCC[C@H](O)/C=C/C1=C(CC=CCCCC(=O)O)C(=O)CC1. The maximum Gasteiger partial charge on any atom is 0.303 e. The number of aliphatic hydroxyl groups is 1. The molecule has 0 aliphatic heterocycles. The van der Waals surface area contributed by atoms with Crippen molar-refractivity contribution in [3.63, 3.8) is 0 Å². The Balaban J connectivity index is 2.48. The summed E-state index contributed by atoms with van der Waals surface area (Å²) < 4.78 is 0. The fourth-order valence-corrected chi connectivity index (χ4v) is 2.78. The van der Waals surface area contributed by atoms with E-state index in [1.165, 1.54) is 0 Å². The summed E-state index contributed by atoms with van der Waals surface area (Å²) in [7, 11) is 0. The average molecular weight is 334 g/mol. The Morgan fingerprint density at radius 3 is 2.71 bits per heavy atom. The van der Waals surface area contributed by atoms with Gasteiger partial charge in [0.1, 0.15) is 0 Å². The van der Waals surface area contributed by atoms with Crippen LogP contribution in [0.2, 0.25) is 0 Å². The van der Waals surface area contributed by atoms with E-state index in [2.05, 4.69) is 6.92 Å². The van der Waals surface area contributed by atoms with Crippen LogP contribution in [0.25, 0.3) is 0 Å². The maximum absolute atomic E-state index is 12.0. The zero-order valence-electron chi connectivity index (χ0n) is 14.7. The van der Waals surface area contributed by atoms with Crippen molar-refractivity contribution in [2.75, 3.05) is 0 Å². The molecule has 24 heavy (non-hydrogen) atoms. The number of Topliss-reactive ketones (excluding diaryl/α,β-unsaturated/α-hetero) is 1. The van der Waals surface area contributed by atoms with E-state index in [4.69, 9.17) is 5.11 Å². The van der Waals surface area contributed by atoms with Crippen molar-refractivity contribution in [2.45, 2.75) is 77.2 Å². The summed E-state index contributed by atoms with van der Waals surface area (Å²) in [6.07, 6.45) is 14.6. The van der Waals surface area contributed by atoms with Crippen molar-refractivity contribution >= 4 is 11.8 Å². The molecular formula is C20H30O4. The first-order valence-corrected chi connectivity index (χ1v) is 9.02. The standard InChI is InChI=1S/C20H30O4/c1-2-3-6-9-17(21)14-12-16-13-15-19(22)18(16)10-7-4-5-8-11-20(23)24/h4,7,12,14,17,21H,2-3,5-6,8-11,13,15H2,1H3,(H,23,24)/b7-4?,14-12+/t17-/m0/s1. The highest BCUT2D eigenvalue weighted by atomic mass is 16.4. The third kappa shape index (κ3) is 8.25. The Kier molecular flexibility index (Phi) is 10.0. The van der Waals surface area contributed by atoms with Crippen LogP contribution in [0, 0.1) is 0 Å². The van der Waals surface area contributed by atoms with Gasteiger partial charge in [0.05, 0.1) is 6.10 Å². The largest absolute Gasteiger partial charge is 0.481 e. The molecule has 0 bridgehead atoms. The molecule has 4 nitrogen and oxygen atoms in total. The number of hydrogen-bond acceptors (Lipinski definition) is 3. The van der Waals surface area contributed by atoms with Gasteiger partial charge in [0.25, 0.3) is 0 Å². The molecule has 0 saturated carbocycles. The third-order valence-electron chi connectivity index (χ3n) is 4.22. The normalized spacial score (nSPS) is 16.7. The molecule has 4 heteroatoms. The Labute approximate surface area is 145 Å². The molecule has 0 heterocycles. The molecule has 0 aromatic rings. The van der Waals surface area contributed by atoms with Crippen molar-refractivity contribution in [1.29, 1.82) is 0 Å². The summed E-state index contributed by atoms with van der Waals surface area (Å²) in [6, 6.07) is 0. The molecule has 0 spiro atoms. The second-order valence-corrected chi connectivity index (χ2v) is 6.31. The lowest BCUT2D eigenvalue weighted by Gasteiger charge is -2.05. The summed E-state index contributed by atoms with van der Waals surface area (Å²) in [6.45, 7) is 2.14. The predicted molar refractivity (Wildman–Crippen MR) is 95.8 cm³/mol. The van der Waals surface area contributed by atoms with E-state index < -0.39 is 12.1 Å². The molecule has 1 aliphatic rings. The molecular weight excluding hydrogens is 304 g/mol. The number of carboxylic acids is 1. The van der Waals surface area contributed by atoms with Crippen molar-refractivity contribution in [3.05, 3.63) is 35.5 Å². The highest BCUT2D eigenvalue weighted by molar-refractivity contribution is 5.99. The smallest absolute Gasteiger partial charge is 0.303 e. The summed E-state index contributed by atoms with van der Waals surface area (Å²) in [4.78, 5) is 22.4. The zero-order valence-corrected chi connectivity index (χ0v) is 14.7. The van der Waals surface area contributed by atoms with Gasteiger partial charge >= 0.3 is 5.97 Å². The quantitative estimate of drug-likeness (QED) is 0.411. The number of aliphatic hydroxyl groups excluding tert-OH is 1. The first kappa shape index (κ1) is 20.4. The predicted octanol–water partition coefficient (Wildman–Crippen LogP) is 4.34. The molecule has 0 saturated heterocycles. The van der Waals surface area contributed by atoms with Crippen LogP contribution in [0.15, 0.2) is 35.5 Å². The van der Waals surface area contributed by atoms with Gasteiger partial charge in [-0.2, -0.15) is 0 Å². The summed E-state index contributed by atoms with van der Waals surface area (Å²) in [5, 5.41) is 18.5. The molecule has 1 atom stereocenters. The molecule has 0 fully saturated rings. The van der Waals surface area contributed by atoms with Crippen LogP contribution in [-0.4, -0.2) is 28.1 Å². The number of carbonyl (C=O) groups excluding carboxylic acids is 1. The third-order valence-corrected chi connectivity index (χ3v) is 4.22. The average Bonchev–Trinajstić information content (AvgIpc) is 2.89. The van der Waals surface area contributed by atoms with Crippen LogP contribution < -0.4 is 0 Å². The van der Waals surface area contributed by atoms with Crippen molar-refractivity contribution in [2.24, 2.45) is 0 Å². The Morgan fingerprint density at radius 1 is 1.21 bits per heavy atom. The molecule has 0 aromatic carbocycles. The zero-order chi connectivity index (χ0) is 17.8. The molecule has 134 valence electrons. The van der Waals surface area contributed by atoms with Crippen LogP contribution in [0.1, 0.15) is 71.1 Å². The molecule has 0 aromatic heterocycles. The molecule has 1 aliphatic carbocycles. The lowest BCUT2D eigenvalue weighted by Crippen LogP contribution is -2.01. The van der Waals surface area contributed by atoms with Gasteiger partial charge in [-0.15, -0.1) is 0 Å². The van der Waals surface area contributed by atoms with Gasteiger partial charge in [0, 0.05) is 18.4 Å². The van der Waals surface area contributed by atoms with Crippen molar-refractivity contribution in [3.8, 4) is 0 Å². The van der Waals surface area contributed by atoms with Crippen molar-refractivity contribution < 1.29 is 19.8 Å². The van der Waals surface area contributed by atoms with E-state index in [1.54, 1.807) is 6.08 Å². The van der Waals surface area contributed by atoms with E-state index in [0.717, 1.165) is 49.7 Å². The molecule has 0 radical (unpaired) electrons. The first-order chi connectivity index (χ1) is 11.5. The molecule has 2 N–H and O–H groups in total. The van der Waals surface area contributed by atoms with Gasteiger partial charge in [-0.3, -0.25) is 9.59 Å². The fourth-order valence-electron chi connectivity index (χ4n) is 2.78. The minimum atomic E-state index is -0.776. The lowest BCUT2D eigenvalue weighted by molar-refractivity contribution is -0.137. The van der Waals surface area contributed by atoms with E-state index in [0.29, 0.717) is 19.3 Å². The summed E-state index contributed by atoms with van der Waals surface area (Å²) in [5.41, 5.74) is 1.87. The molecule has 0 amide bonds. The van der Waals surface area contributed by atoms with Gasteiger partial charge in [0.15, 0.2) is 5.78 Å². The second-order valence-electron chi connectivity index (χ2n) is 6.31. The van der Waals surface area contributed by atoms with E-state index >= 15 is 0 Å². The minimum Gasteiger partial charge on any atom is -0.481 e. The number of hydrogen-bond donors (Lipinski definition) is 2. The number of unbranched alkanes of at least 4 members (excludes halogenated alkanes) is 3. The van der Waals surface area contributed by atoms with E-state index in [9.17, 15) is 14.7 Å². The van der Waals surface area contributed by atoms with Gasteiger partial charge in [-0.05, 0) is 37.7 Å². The fraction of sp³-hybridized carbons (Fsp3) is 0.600. The monoisotopic (exact) mass is 334 g/mol. The van der Waals surface area contributed by atoms with Gasteiger partial charge < -0.3 is 10.2 Å². The van der Waals surface area contributed by atoms with Crippen LogP contribution >= 0.6 is 0 Å². The number of carboxylic acid groups (broad SMARTS) is 1. The van der Waals surface area contributed by atoms with Gasteiger partial charge in [-0.1, -0.05) is 50.5 Å². The van der Waals surface area contributed by atoms with Crippen LogP contribution in [-0.2, 0) is 9.59 Å². The number of ketones is 1. The highest BCUT2D eigenvalue weighted by Crippen LogP contribution is 2.27. The maximum atomic E-state index is 12.0. The summed E-state index contributed by atoms with van der Waals surface area (Å²) in [5.74, 6) is -0.590. The van der Waals surface area contributed by atoms with Crippen molar-refractivity contribution in [1.82, 2.24) is 0 Å². The first-order valence-electron chi connectivity index (χ1n) is 9.02. The Morgan fingerprint density at radius 2 is 2.00 bits per heavy atom. The molecule has 1 rings (SSSR count). The lowest BCUT2D eigenvalue weighted by atomic mass is 10.0. The molecule has 0 unspecified atom stereocenters. The highest BCUT2D eigenvalue weighted by Gasteiger charge is 2.20. The summed E-state index contributed by atoms with van der Waals surface area (Å²) >= 11 is 0.